The Morgan fingerprint density at radius 3 is 3.00 bits per heavy atom. The average Bonchev–Trinajstić information content (AvgIpc) is 2.62. The van der Waals surface area contributed by atoms with Crippen molar-refractivity contribution in [3.63, 3.8) is 0 Å². The second-order valence-electron chi connectivity index (χ2n) is 4.96. The van der Waals surface area contributed by atoms with Gasteiger partial charge in [-0.2, -0.15) is 0 Å². The van der Waals surface area contributed by atoms with Gasteiger partial charge in [0.05, 0.1) is 0 Å². The van der Waals surface area contributed by atoms with Gasteiger partial charge in [0.1, 0.15) is 0 Å². The summed E-state index contributed by atoms with van der Waals surface area (Å²) in [6, 6.07) is 6.31. The largest absolute Gasteiger partial charge is 0.294 e. The minimum absolute atomic E-state index is 0.180. The molecule has 2 rings (SSSR count). The summed E-state index contributed by atoms with van der Waals surface area (Å²) in [5, 5.41) is 0. The molecule has 0 N–H and O–H groups in total. The first-order valence-electron chi connectivity index (χ1n) is 6.50. The van der Waals surface area contributed by atoms with Crippen LogP contribution >= 0.6 is 0 Å². The Morgan fingerprint density at radius 2 is 2.24 bits per heavy atom. The first kappa shape index (κ1) is 12.1. The maximum atomic E-state index is 12.1. The SMILES string of the molecule is C=CCCCCc1cccc2c1C(=O)C(C)C2. The molecule has 1 aliphatic carbocycles. The van der Waals surface area contributed by atoms with Crippen molar-refractivity contribution in [1.82, 2.24) is 0 Å². The number of carbonyl (C=O) groups is 1. The van der Waals surface area contributed by atoms with E-state index >= 15 is 0 Å². The van der Waals surface area contributed by atoms with Gasteiger partial charge in [-0.05, 0) is 43.2 Å². The monoisotopic (exact) mass is 228 g/mol. The van der Waals surface area contributed by atoms with Crippen molar-refractivity contribution in [3.8, 4) is 0 Å². The van der Waals surface area contributed by atoms with Gasteiger partial charge in [0.2, 0.25) is 0 Å². The average molecular weight is 228 g/mol. The Labute approximate surface area is 104 Å². The zero-order valence-corrected chi connectivity index (χ0v) is 10.5. The van der Waals surface area contributed by atoms with E-state index in [1.54, 1.807) is 0 Å². The van der Waals surface area contributed by atoms with Crippen molar-refractivity contribution in [2.24, 2.45) is 5.92 Å². The molecule has 0 bridgehead atoms. The lowest BCUT2D eigenvalue weighted by molar-refractivity contribution is 0.0945. The third-order valence-corrected chi connectivity index (χ3v) is 3.56. The number of ketones is 1. The highest BCUT2D eigenvalue weighted by Crippen LogP contribution is 2.30. The van der Waals surface area contributed by atoms with Crippen molar-refractivity contribution >= 4 is 5.78 Å². The molecule has 1 heteroatoms. The lowest BCUT2D eigenvalue weighted by Gasteiger charge is -2.07. The summed E-state index contributed by atoms with van der Waals surface area (Å²) in [4.78, 5) is 12.1. The number of fused-ring (bicyclic) bond motifs is 1. The lowest BCUT2D eigenvalue weighted by atomic mass is 9.97. The fourth-order valence-electron chi connectivity index (χ4n) is 2.62. The van der Waals surface area contributed by atoms with Crippen LogP contribution in [0.15, 0.2) is 30.9 Å². The smallest absolute Gasteiger partial charge is 0.166 e. The maximum absolute atomic E-state index is 12.1. The van der Waals surface area contributed by atoms with Crippen LogP contribution in [0.2, 0.25) is 0 Å². The molecule has 0 amide bonds. The second-order valence-corrected chi connectivity index (χ2v) is 4.96. The van der Waals surface area contributed by atoms with E-state index < -0.39 is 0 Å². The van der Waals surface area contributed by atoms with Crippen LogP contribution in [-0.4, -0.2) is 5.78 Å². The number of Topliss-reactive ketones (excluding diaryl/α,β-unsaturated/α-hetero) is 1. The topological polar surface area (TPSA) is 17.1 Å². The Morgan fingerprint density at radius 1 is 1.41 bits per heavy atom. The molecular weight excluding hydrogens is 208 g/mol. The highest BCUT2D eigenvalue weighted by Gasteiger charge is 2.28. The van der Waals surface area contributed by atoms with Crippen LogP contribution in [0.25, 0.3) is 0 Å². The van der Waals surface area contributed by atoms with Crippen molar-refractivity contribution in [3.05, 3.63) is 47.5 Å². The number of rotatable bonds is 5. The van der Waals surface area contributed by atoms with Gasteiger partial charge >= 0.3 is 0 Å². The summed E-state index contributed by atoms with van der Waals surface area (Å²) < 4.78 is 0. The van der Waals surface area contributed by atoms with Gasteiger partial charge in [-0.3, -0.25) is 4.79 Å². The Hall–Kier alpha value is -1.37. The van der Waals surface area contributed by atoms with Crippen molar-refractivity contribution in [1.29, 1.82) is 0 Å². The first-order chi connectivity index (χ1) is 8.24. The molecule has 1 aliphatic rings. The van der Waals surface area contributed by atoms with E-state index in [1.807, 2.05) is 13.0 Å². The molecule has 0 saturated carbocycles. The molecule has 0 saturated heterocycles. The second kappa shape index (κ2) is 5.31. The highest BCUT2D eigenvalue weighted by atomic mass is 16.1. The molecule has 90 valence electrons. The quantitative estimate of drug-likeness (QED) is 0.550. The van der Waals surface area contributed by atoms with Gasteiger partial charge in [-0.25, -0.2) is 0 Å². The van der Waals surface area contributed by atoms with Gasteiger partial charge in [0, 0.05) is 11.5 Å². The van der Waals surface area contributed by atoms with Crippen LogP contribution in [0.5, 0.6) is 0 Å². The van der Waals surface area contributed by atoms with Crippen LogP contribution in [0.1, 0.15) is 47.7 Å². The third-order valence-electron chi connectivity index (χ3n) is 3.56. The first-order valence-corrected chi connectivity index (χ1v) is 6.50. The van der Waals surface area contributed by atoms with E-state index in [1.165, 1.54) is 11.1 Å². The normalized spacial score (nSPS) is 18.2. The number of aryl methyl sites for hydroxylation is 1. The fraction of sp³-hybridized carbons (Fsp3) is 0.438. The zero-order chi connectivity index (χ0) is 12.3. The zero-order valence-electron chi connectivity index (χ0n) is 10.5. The van der Waals surface area contributed by atoms with Crippen LogP contribution in [0.3, 0.4) is 0 Å². The van der Waals surface area contributed by atoms with E-state index in [0.29, 0.717) is 5.78 Å². The van der Waals surface area contributed by atoms with Gasteiger partial charge in [-0.15, -0.1) is 6.58 Å². The molecule has 1 aromatic rings. The van der Waals surface area contributed by atoms with Gasteiger partial charge in [-0.1, -0.05) is 31.2 Å². The molecular formula is C16H20O. The molecule has 1 aromatic carbocycles. The highest BCUT2D eigenvalue weighted by molar-refractivity contribution is 6.03. The van der Waals surface area contributed by atoms with E-state index in [9.17, 15) is 4.79 Å². The molecule has 0 heterocycles. The lowest BCUT2D eigenvalue weighted by Crippen LogP contribution is -2.06. The molecule has 1 nitrogen and oxygen atoms in total. The Balaban J connectivity index is 2.11. The van der Waals surface area contributed by atoms with Crippen molar-refractivity contribution < 1.29 is 4.79 Å². The number of allylic oxidation sites excluding steroid dienone is 1. The number of benzene rings is 1. The minimum Gasteiger partial charge on any atom is -0.294 e. The van der Waals surface area contributed by atoms with E-state index in [2.05, 4.69) is 24.8 Å². The molecule has 0 fully saturated rings. The predicted molar refractivity (Wildman–Crippen MR) is 71.4 cm³/mol. The summed E-state index contributed by atoms with van der Waals surface area (Å²) in [5.41, 5.74) is 3.53. The summed E-state index contributed by atoms with van der Waals surface area (Å²) >= 11 is 0. The van der Waals surface area contributed by atoms with Gasteiger partial charge in [0.15, 0.2) is 5.78 Å². The molecule has 0 spiro atoms. The third kappa shape index (κ3) is 2.49. The van der Waals surface area contributed by atoms with Crippen LogP contribution < -0.4 is 0 Å². The molecule has 0 aliphatic heterocycles. The summed E-state index contributed by atoms with van der Waals surface area (Å²) in [6.07, 6.45) is 7.28. The molecule has 17 heavy (non-hydrogen) atoms. The Kier molecular flexibility index (Phi) is 3.78. The number of carbonyl (C=O) groups excluding carboxylic acids is 1. The fourth-order valence-corrected chi connectivity index (χ4v) is 2.62. The number of unbranched alkanes of at least 4 members (excludes halogenated alkanes) is 2. The molecule has 1 atom stereocenters. The molecule has 0 aromatic heterocycles. The summed E-state index contributed by atoms with van der Waals surface area (Å²) in [5.74, 6) is 0.527. The van der Waals surface area contributed by atoms with Crippen LogP contribution in [0.4, 0.5) is 0 Å². The van der Waals surface area contributed by atoms with Crippen LogP contribution in [0, 0.1) is 5.92 Å². The van der Waals surface area contributed by atoms with Crippen molar-refractivity contribution in [2.45, 2.75) is 39.0 Å². The number of hydrogen-bond acceptors (Lipinski definition) is 1. The molecule has 1 unspecified atom stereocenters. The minimum atomic E-state index is 0.180. The predicted octanol–water partition coefficient (Wildman–Crippen LogP) is 3.96. The van der Waals surface area contributed by atoms with Crippen LogP contribution in [-0.2, 0) is 12.8 Å². The molecule has 0 radical (unpaired) electrons. The van der Waals surface area contributed by atoms with Gasteiger partial charge in [0.25, 0.3) is 0 Å². The Bertz CT molecular complexity index is 431. The standard InChI is InChI=1S/C16H20O/c1-3-4-5-6-8-13-9-7-10-14-11-12(2)16(17)15(13)14/h3,7,9-10,12H,1,4-6,8,11H2,2H3. The number of hydrogen-bond donors (Lipinski definition) is 0. The maximum Gasteiger partial charge on any atom is 0.166 e. The van der Waals surface area contributed by atoms with E-state index in [4.69, 9.17) is 0 Å². The van der Waals surface area contributed by atoms with Crippen molar-refractivity contribution in [2.75, 3.05) is 0 Å². The van der Waals surface area contributed by atoms with E-state index in [-0.39, 0.29) is 5.92 Å². The van der Waals surface area contributed by atoms with E-state index in [0.717, 1.165) is 37.7 Å². The summed E-state index contributed by atoms with van der Waals surface area (Å²) in [7, 11) is 0. The summed E-state index contributed by atoms with van der Waals surface area (Å²) in [6.45, 7) is 5.76. The van der Waals surface area contributed by atoms with Gasteiger partial charge < -0.3 is 0 Å².